The van der Waals surface area contributed by atoms with E-state index in [-0.39, 0.29) is 23.6 Å². The Hall–Kier alpha value is -2.91. The van der Waals surface area contributed by atoms with Crippen LogP contribution in [-0.2, 0) is 10.4 Å². The first kappa shape index (κ1) is 22.9. The van der Waals surface area contributed by atoms with Gasteiger partial charge in [-0.05, 0) is 69.1 Å². The summed E-state index contributed by atoms with van der Waals surface area (Å²) in [6.07, 6.45) is 7.39. The Morgan fingerprint density at radius 3 is 2.62 bits per heavy atom. The van der Waals surface area contributed by atoms with Crippen molar-refractivity contribution in [2.75, 3.05) is 5.32 Å². The van der Waals surface area contributed by atoms with Gasteiger partial charge in [0.15, 0.2) is 5.82 Å². The fourth-order valence-corrected chi connectivity index (χ4v) is 5.72. The van der Waals surface area contributed by atoms with E-state index < -0.39 is 11.6 Å². The Morgan fingerprint density at radius 2 is 1.91 bits per heavy atom. The molecule has 2 saturated carbocycles. The van der Waals surface area contributed by atoms with Crippen LogP contribution in [-0.4, -0.2) is 31.1 Å². The van der Waals surface area contributed by atoms with Crippen molar-refractivity contribution >= 4 is 28.9 Å². The molecule has 0 saturated heterocycles. The first-order valence-corrected chi connectivity index (χ1v) is 12.4. The molecule has 3 aromatic rings. The molecule has 2 aromatic heterocycles. The monoisotopic (exact) mass is 482 g/mol. The molecule has 0 radical (unpaired) electrons. The predicted molar refractivity (Wildman–Crippen MR) is 127 cm³/mol. The standard InChI is InChI=1S/C25H27FN4O3S/c1-25(33,17-9-7-15(8-10-17)22(31)32)23-27-13-20(34-23)16-3-2-4-18(11-16)29-24-28-12-19(26)21(30-24)14-5-6-14/h2-4,11-15,17,33H,5-10H2,1H3,(H,31,32)(H,28,29,30). The molecule has 7 nitrogen and oxygen atoms in total. The third kappa shape index (κ3) is 4.67. The lowest BCUT2D eigenvalue weighted by Crippen LogP contribution is -2.35. The maximum absolute atomic E-state index is 14.0. The minimum absolute atomic E-state index is 0.0219. The molecular weight excluding hydrogens is 455 g/mol. The smallest absolute Gasteiger partial charge is 0.306 e. The van der Waals surface area contributed by atoms with Crippen LogP contribution in [0.3, 0.4) is 0 Å². The number of aromatic nitrogens is 3. The van der Waals surface area contributed by atoms with Gasteiger partial charge >= 0.3 is 5.97 Å². The first-order chi connectivity index (χ1) is 16.3. The SMILES string of the molecule is CC(O)(c1ncc(-c2cccc(Nc3ncc(F)c(C4CC4)n3)c2)s1)C1CCC(C(=O)O)CC1. The number of halogens is 1. The van der Waals surface area contributed by atoms with Crippen molar-refractivity contribution in [2.24, 2.45) is 11.8 Å². The number of thiazole rings is 1. The molecule has 1 aromatic carbocycles. The molecule has 3 N–H and O–H groups in total. The summed E-state index contributed by atoms with van der Waals surface area (Å²) in [6, 6.07) is 7.73. The number of rotatable bonds is 7. The topological polar surface area (TPSA) is 108 Å². The summed E-state index contributed by atoms with van der Waals surface area (Å²) in [5.74, 6) is -0.894. The summed E-state index contributed by atoms with van der Waals surface area (Å²) in [7, 11) is 0. The second kappa shape index (κ2) is 9.03. The van der Waals surface area contributed by atoms with E-state index in [1.807, 2.05) is 24.3 Å². The van der Waals surface area contributed by atoms with Crippen LogP contribution in [0.15, 0.2) is 36.7 Å². The quantitative estimate of drug-likeness (QED) is 0.410. The highest BCUT2D eigenvalue weighted by atomic mass is 32.1. The van der Waals surface area contributed by atoms with Gasteiger partial charge in [-0.3, -0.25) is 4.79 Å². The van der Waals surface area contributed by atoms with Crippen molar-refractivity contribution < 1.29 is 19.4 Å². The molecule has 2 aliphatic carbocycles. The highest BCUT2D eigenvalue weighted by Crippen LogP contribution is 2.44. The van der Waals surface area contributed by atoms with E-state index in [9.17, 15) is 19.4 Å². The number of hydrogen-bond acceptors (Lipinski definition) is 7. The van der Waals surface area contributed by atoms with E-state index in [0.29, 0.717) is 42.3 Å². The number of nitrogens with zero attached hydrogens (tertiary/aromatic N) is 3. The summed E-state index contributed by atoms with van der Waals surface area (Å²) in [6.45, 7) is 1.78. The average Bonchev–Trinajstić information content (AvgIpc) is 3.55. The molecule has 1 atom stereocenters. The van der Waals surface area contributed by atoms with Crippen LogP contribution in [0.2, 0.25) is 0 Å². The molecule has 9 heteroatoms. The minimum atomic E-state index is -1.11. The molecular formula is C25H27FN4O3S. The second-order valence-electron chi connectivity index (χ2n) is 9.47. The summed E-state index contributed by atoms with van der Waals surface area (Å²) >= 11 is 1.44. The van der Waals surface area contributed by atoms with E-state index >= 15 is 0 Å². The highest BCUT2D eigenvalue weighted by Gasteiger charge is 2.40. The Morgan fingerprint density at radius 1 is 1.15 bits per heavy atom. The van der Waals surface area contributed by atoms with E-state index in [1.54, 1.807) is 13.1 Å². The first-order valence-electron chi connectivity index (χ1n) is 11.6. The van der Waals surface area contributed by atoms with Crippen LogP contribution >= 0.6 is 11.3 Å². The normalized spacial score (nSPS) is 22.2. The minimum Gasteiger partial charge on any atom is -0.481 e. The number of hydrogen-bond donors (Lipinski definition) is 3. The largest absolute Gasteiger partial charge is 0.481 e. The molecule has 5 rings (SSSR count). The third-order valence-electron chi connectivity index (χ3n) is 6.95. The Bertz CT molecular complexity index is 1200. The summed E-state index contributed by atoms with van der Waals surface area (Å²) < 4.78 is 14.0. The highest BCUT2D eigenvalue weighted by molar-refractivity contribution is 7.15. The number of nitrogens with one attached hydrogen (secondary N) is 1. The zero-order valence-corrected chi connectivity index (χ0v) is 19.7. The lowest BCUT2D eigenvalue weighted by atomic mass is 9.74. The van der Waals surface area contributed by atoms with Gasteiger partial charge in [0.2, 0.25) is 5.95 Å². The number of carboxylic acids is 1. The molecule has 0 spiro atoms. The lowest BCUT2D eigenvalue weighted by molar-refractivity contribution is -0.144. The van der Waals surface area contributed by atoms with Gasteiger partial charge in [0.05, 0.1) is 22.7 Å². The van der Waals surface area contributed by atoms with Gasteiger partial charge in [-0.1, -0.05) is 12.1 Å². The number of carbonyl (C=O) groups is 1. The number of benzene rings is 1. The molecule has 2 heterocycles. The van der Waals surface area contributed by atoms with Crippen molar-refractivity contribution in [1.29, 1.82) is 0 Å². The fraction of sp³-hybridized carbons (Fsp3) is 0.440. The van der Waals surface area contributed by atoms with Crippen LogP contribution in [0.25, 0.3) is 10.4 Å². The van der Waals surface area contributed by atoms with Gasteiger partial charge in [-0.15, -0.1) is 11.3 Å². The number of anilines is 2. The zero-order valence-electron chi connectivity index (χ0n) is 18.9. The Balaban J connectivity index is 1.31. The van der Waals surface area contributed by atoms with Crippen molar-refractivity contribution in [1.82, 2.24) is 15.0 Å². The van der Waals surface area contributed by atoms with Crippen molar-refractivity contribution in [2.45, 2.75) is 57.0 Å². The van der Waals surface area contributed by atoms with E-state index in [2.05, 4.69) is 20.3 Å². The van der Waals surface area contributed by atoms with Crippen LogP contribution in [0, 0.1) is 17.7 Å². The van der Waals surface area contributed by atoms with Gasteiger partial charge in [0.25, 0.3) is 0 Å². The van der Waals surface area contributed by atoms with E-state index in [4.69, 9.17) is 0 Å². The average molecular weight is 483 g/mol. The van der Waals surface area contributed by atoms with Crippen LogP contribution < -0.4 is 5.32 Å². The van der Waals surface area contributed by atoms with Gasteiger partial charge in [-0.2, -0.15) is 0 Å². The molecule has 0 aliphatic heterocycles. The predicted octanol–water partition coefficient (Wildman–Crippen LogP) is 5.46. The van der Waals surface area contributed by atoms with E-state index in [0.717, 1.165) is 29.0 Å². The molecule has 178 valence electrons. The van der Waals surface area contributed by atoms with Crippen LogP contribution in [0.1, 0.15) is 62.1 Å². The molecule has 2 aliphatic rings. The molecule has 2 fully saturated rings. The van der Waals surface area contributed by atoms with Crippen LogP contribution in [0.5, 0.6) is 0 Å². The van der Waals surface area contributed by atoms with Gasteiger partial charge in [0.1, 0.15) is 10.6 Å². The molecule has 0 bridgehead atoms. The lowest BCUT2D eigenvalue weighted by Gasteiger charge is -2.35. The van der Waals surface area contributed by atoms with Gasteiger partial charge in [-0.25, -0.2) is 19.3 Å². The third-order valence-corrected chi connectivity index (χ3v) is 8.22. The Kier molecular flexibility index (Phi) is 6.07. The maximum atomic E-state index is 14.0. The summed E-state index contributed by atoms with van der Waals surface area (Å²) in [5.41, 5.74) is 1.08. The number of aliphatic hydroxyl groups is 1. The Labute approximate surface area is 201 Å². The van der Waals surface area contributed by atoms with Crippen molar-refractivity contribution in [3.05, 3.63) is 53.2 Å². The maximum Gasteiger partial charge on any atom is 0.306 e. The van der Waals surface area contributed by atoms with Crippen molar-refractivity contribution in [3.63, 3.8) is 0 Å². The van der Waals surface area contributed by atoms with Crippen LogP contribution in [0.4, 0.5) is 16.0 Å². The fourth-order valence-electron chi connectivity index (χ4n) is 4.68. The van der Waals surface area contributed by atoms with E-state index in [1.165, 1.54) is 17.5 Å². The summed E-state index contributed by atoms with van der Waals surface area (Å²) in [5, 5.41) is 24.3. The molecule has 0 amide bonds. The summed E-state index contributed by atoms with van der Waals surface area (Å²) in [4.78, 5) is 25.1. The van der Waals surface area contributed by atoms with Gasteiger partial charge in [0, 0.05) is 17.8 Å². The van der Waals surface area contributed by atoms with Crippen molar-refractivity contribution in [3.8, 4) is 10.4 Å². The molecule has 1 unspecified atom stereocenters. The zero-order chi connectivity index (χ0) is 23.9. The van der Waals surface area contributed by atoms with Gasteiger partial charge < -0.3 is 15.5 Å². The molecule has 34 heavy (non-hydrogen) atoms. The number of carboxylic acid groups (broad SMARTS) is 1. The number of aliphatic carboxylic acids is 1. The second-order valence-corrected chi connectivity index (χ2v) is 10.5.